The summed E-state index contributed by atoms with van der Waals surface area (Å²) in [5.74, 6) is -0.151. The van der Waals surface area contributed by atoms with Crippen LogP contribution in [-0.2, 0) is 21.3 Å². The van der Waals surface area contributed by atoms with Gasteiger partial charge in [0.2, 0.25) is 0 Å². The van der Waals surface area contributed by atoms with Gasteiger partial charge < -0.3 is 24.3 Å². The summed E-state index contributed by atoms with van der Waals surface area (Å²) in [4.78, 5) is 39.6. The van der Waals surface area contributed by atoms with Crippen LogP contribution >= 0.6 is 11.6 Å². The Morgan fingerprint density at radius 3 is 2.56 bits per heavy atom. The Morgan fingerprint density at radius 2 is 1.91 bits per heavy atom. The fraction of sp³-hybridized carbons (Fsp3) is 0.438. The number of rotatable bonds is 7. The van der Waals surface area contributed by atoms with E-state index in [1.807, 2.05) is 49.9 Å². The second kappa shape index (κ2) is 11.7. The Labute approximate surface area is 256 Å². The van der Waals surface area contributed by atoms with Crippen molar-refractivity contribution in [1.29, 1.82) is 0 Å². The summed E-state index contributed by atoms with van der Waals surface area (Å²) >= 11 is 6.67. The van der Waals surface area contributed by atoms with Gasteiger partial charge in [-0.1, -0.05) is 23.7 Å². The largest absolute Gasteiger partial charge is 0.447 e. The number of nitrogens with one attached hydrogen (secondary N) is 1. The molecule has 2 fully saturated rings. The first kappa shape index (κ1) is 29.3. The molecule has 2 aliphatic carbocycles. The van der Waals surface area contributed by atoms with E-state index >= 15 is 0 Å². The van der Waals surface area contributed by atoms with E-state index < -0.39 is 11.6 Å². The summed E-state index contributed by atoms with van der Waals surface area (Å²) in [5, 5.41) is 3.89. The van der Waals surface area contributed by atoms with E-state index in [-0.39, 0.29) is 24.1 Å². The van der Waals surface area contributed by atoms with Crippen molar-refractivity contribution in [2.75, 3.05) is 33.3 Å². The molecule has 3 aromatic rings. The Balaban J connectivity index is 1.43. The van der Waals surface area contributed by atoms with Gasteiger partial charge in [-0.05, 0) is 73.2 Å². The molecule has 0 bridgehead atoms. The average molecular weight is 605 g/mol. The van der Waals surface area contributed by atoms with Crippen molar-refractivity contribution in [2.24, 2.45) is 7.05 Å². The fourth-order valence-electron chi connectivity index (χ4n) is 6.09. The third-order valence-electron chi connectivity index (χ3n) is 8.58. The van der Waals surface area contributed by atoms with Crippen LogP contribution in [0.15, 0.2) is 49.1 Å². The normalized spacial score (nSPS) is 20.0. The molecule has 1 aliphatic heterocycles. The number of fused-ring (bicyclic) bond motifs is 2. The molecule has 6 rings (SSSR count). The quantitative estimate of drug-likeness (QED) is 0.420. The van der Waals surface area contributed by atoms with E-state index in [0.29, 0.717) is 44.0 Å². The monoisotopic (exact) mass is 604 g/mol. The van der Waals surface area contributed by atoms with Gasteiger partial charge in [-0.25, -0.2) is 9.78 Å². The lowest BCUT2D eigenvalue weighted by atomic mass is 9.89. The molecule has 43 heavy (non-hydrogen) atoms. The molecule has 1 N–H and O–H groups in total. The van der Waals surface area contributed by atoms with E-state index in [0.717, 1.165) is 33.7 Å². The topological polar surface area (TPSA) is 102 Å². The van der Waals surface area contributed by atoms with Crippen LogP contribution in [0, 0.1) is 0 Å². The minimum absolute atomic E-state index is 0.151. The predicted molar refractivity (Wildman–Crippen MR) is 163 cm³/mol. The van der Waals surface area contributed by atoms with Crippen molar-refractivity contribution >= 4 is 35.3 Å². The third kappa shape index (κ3) is 5.67. The van der Waals surface area contributed by atoms with Crippen molar-refractivity contribution in [3.8, 4) is 0 Å². The maximum absolute atomic E-state index is 13.6. The number of pyridine rings is 1. The number of hydrogen-bond acceptors (Lipinski definition) is 7. The van der Waals surface area contributed by atoms with Crippen LogP contribution < -0.4 is 5.32 Å². The number of imidazole rings is 1. The van der Waals surface area contributed by atoms with Gasteiger partial charge >= 0.3 is 6.09 Å². The molecule has 2 aromatic heterocycles. The van der Waals surface area contributed by atoms with E-state index in [1.54, 1.807) is 24.5 Å². The number of carbonyl (C=O) groups excluding carboxylic acids is 2. The van der Waals surface area contributed by atoms with Crippen molar-refractivity contribution in [2.45, 2.75) is 50.5 Å². The highest BCUT2D eigenvalue weighted by atomic mass is 35.5. The van der Waals surface area contributed by atoms with Crippen molar-refractivity contribution in [3.05, 3.63) is 82.2 Å². The van der Waals surface area contributed by atoms with Crippen LogP contribution in [0.3, 0.4) is 0 Å². The summed E-state index contributed by atoms with van der Waals surface area (Å²) in [6.45, 7) is 6.08. The van der Waals surface area contributed by atoms with Crippen LogP contribution in [-0.4, -0.2) is 81.3 Å². The highest BCUT2D eigenvalue weighted by molar-refractivity contribution is 6.30. The number of amides is 2. The van der Waals surface area contributed by atoms with Crippen LogP contribution in [0.25, 0.3) is 11.6 Å². The molecule has 1 aromatic carbocycles. The minimum Gasteiger partial charge on any atom is -0.447 e. The van der Waals surface area contributed by atoms with E-state index in [1.165, 1.54) is 0 Å². The molecule has 1 saturated heterocycles. The second-order valence-electron chi connectivity index (χ2n) is 11.7. The molecule has 0 radical (unpaired) electrons. The standard InChI is InChI=1S/C32H37ClN6O4/c1-20(2)43-31(41)39-14-12-38(13-15-39)29-23-8-7-22(33)17-24(23)25(16-21-6-5-11-35-27(21)29)28(26-18-34-19-37(26)3)36-30(40)32(42-4)9-10-32/h5-8,11,16-20,28-29H,9-10,12-15H2,1-4H3,(H,36,40). The maximum atomic E-state index is 13.6. The van der Waals surface area contributed by atoms with Crippen LogP contribution in [0.4, 0.5) is 4.79 Å². The molecule has 10 nitrogen and oxygen atoms in total. The summed E-state index contributed by atoms with van der Waals surface area (Å²) in [6.07, 6.45) is 8.34. The zero-order valence-corrected chi connectivity index (χ0v) is 25.7. The maximum Gasteiger partial charge on any atom is 0.410 e. The number of methoxy groups -OCH3 is 1. The molecule has 226 valence electrons. The zero-order chi connectivity index (χ0) is 30.3. The number of carbonyl (C=O) groups is 2. The molecular formula is C32H37ClN6O4. The number of nitrogens with zero attached hydrogens (tertiary/aromatic N) is 5. The number of halogens is 1. The molecule has 3 aliphatic rings. The lowest BCUT2D eigenvalue weighted by Gasteiger charge is -2.39. The summed E-state index contributed by atoms with van der Waals surface area (Å²) in [5.41, 5.74) is 4.72. The predicted octanol–water partition coefficient (Wildman–Crippen LogP) is 4.61. The van der Waals surface area contributed by atoms with Gasteiger partial charge in [0.25, 0.3) is 5.91 Å². The lowest BCUT2D eigenvalue weighted by molar-refractivity contribution is -0.134. The van der Waals surface area contributed by atoms with Crippen LogP contribution in [0.2, 0.25) is 5.02 Å². The Morgan fingerprint density at radius 1 is 1.14 bits per heavy atom. The third-order valence-corrected chi connectivity index (χ3v) is 8.82. The molecule has 2 unspecified atom stereocenters. The zero-order valence-electron chi connectivity index (χ0n) is 24.9. The van der Waals surface area contributed by atoms with Gasteiger partial charge in [0.1, 0.15) is 5.60 Å². The van der Waals surface area contributed by atoms with Crippen molar-refractivity contribution in [3.63, 3.8) is 0 Å². The molecule has 0 spiro atoms. The van der Waals surface area contributed by atoms with Crippen molar-refractivity contribution < 1.29 is 19.1 Å². The van der Waals surface area contributed by atoms with Gasteiger partial charge in [-0.3, -0.25) is 14.7 Å². The van der Waals surface area contributed by atoms with E-state index in [2.05, 4.69) is 33.4 Å². The number of piperazine rings is 1. The molecule has 2 amide bonds. The van der Waals surface area contributed by atoms with E-state index in [9.17, 15) is 9.59 Å². The van der Waals surface area contributed by atoms with Crippen LogP contribution in [0.5, 0.6) is 0 Å². The second-order valence-corrected chi connectivity index (χ2v) is 12.1. The van der Waals surface area contributed by atoms with Gasteiger partial charge in [0.15, 0.2) is 0 Å². The van der Waals surface area contributed by atoms with Crippen molar-refractivity contribution in [1.82, 2.24) is 29.7 Å². The average Bonchev–Trinajstić information content (AvgIpc) is 3.72. The van der Waals surface area contributed by atoms with Crippen LogP contribution in [0.1, 0.15) is 66.9 Å². The Kier molecular flexibility index (Phi) is 8.02. The van der Waals surface area contributed by atoms with Gasteiger partial charge in [0, 0.05) is 51.6 Å². The summed E-state index contributed by atoms with van der Waals surface area (Å²) in [7, 11) is 3.50. The first-order valence-electron chi connectivity index (χ1n) is 14.7. The number of ether oxygens (including phenoxy) is 2. The lowest BCUT2D eigenvalue weighted by Crippen LogP contribution is -2.50. The Bertz CT molecular complexity index is 1560. The fourth-order valence-corrected chi connectivity index (χ4v) is 6.27. The number of benzene rings is 1. The first-order chi connectivity index (χ1) is 20.7. The minimum atomic E-state index is -0.808. The highest BCUT2D eigenvalue weighted by Crippen LogP contribution is 2.45. The highest BCUT2D eigenvalue weighted by Gasteiger charge is 2.51. The molecule has 2 atom stereocenters. The molecule has 11 heteroatoms. The smallest absolute Gasteiger partial charge is 0.410 e. The number of aromatic nitrogens is 3. The molecule has 1 saturated carbocycles. The van der Waals surface area contributed by atoms with Gasteiger partial charge in [-0.2, -0.15) is 0 Å². The Hall–Kier alpha value is -3.73. The van der Waals surface area contributed by atoms with Gasteiger partial charge in [-0.15, -0.1) is 0 Å². The first-order valence-corrected chi connectivity index (χ1v) is 15.1. The summed E-state index contributed by atoms with van der Waals surface area (Å²) < 4.78 is 13.0. The number of hydrogen-bond donors (Lipinski definition) is 1. The van der Waals surface area contributed by atoms with E-state index in [4.69, 9.17) is 26.1 Å². The molecular weight excluding hydrogens is 568 g/mol. The number of aryl methyl sites for hydroxylation is 1. The molecule has 3 heterocycles. The SMILES string of the molecule is COC1(C(=O)NC(C2=Cc3cccnc3C(N3CCN(C(=O)OC(C)C)CC3)c3ccc(Cl)cc32)c2cncn2C)CC1. The van der Waals surface area contributed by atoms with Gasteiger partial charge in [0.05, 0.1) is 42.1 Å². The summed E-state index contributed by atoms with van der Waals surface area (Å²) in [6, 6.07) is 9.18.